The molecule has 3 aromatic rings. The standard InChI is InChI=1S/C19H20Si/c1-20(2,3)19-10-6-9-17(14-19)18-12-11-15-7-4-5-8-16(15)13-18/h4-14H,1-3H3. The van der Waals surface area contributed by atoms with E-state index >= 15 is 0 Å². The van der Waals surface area contributed by atoms with Crippen LogP contribution in [0, 0.1) is 0 Å². The van der Waals surface area contributed by atoms with E-state index in [0.717, 1.165) is 0 Å². The molecule has 20 heavy (non-hydrogen) atoms. The largest absolute Gasteiger partial charge is 0.0776 e. The molecule has 0 bridgehead atoms. The highest BCUT2D eigenvalue weighted by molar-refractivity contribution is 6.88. The Balaban J connectivity index is 2.11. The van der Waals surface area contributed by atoms with Crippen LogP contribution in [0.1, 0.15) is 0 Å². The summed E-state index contributed by atoms with van der Waals surface area (Å²) >= 11 is 0. The molecule has 0 amide bonds. The predicted molar refractivity (Wildman–Crippen MR) is 92.4 cm³/mol. The predicted octanol–water partition coefficient (Wildman–Crippen LogP) is 5.05. The van der Waals surface area contributed by atoms with Gasteiger partial charge in [0.2, 0.25) is 0 Å². The van der Waals surface area contributed by atoms with Gasteiger partial charge in [-0.3, -0.25) is 0 Å². The molecule has 100 valence electrons. The lowest BCUT2D eigenvalue weighted by Crippen LogP contribution is -2.37. The summed E-state index contributed by atoms with van der Waals surface area (Å²) < 4.78 is 0. The molecule has 0 aliphatic heterocycles. The third-order valence-electron chi connectivity index (χ3n) is 3.81. The molecule has 0 heterocycles. The Hall–Kier alpha value is -1.86. The van der Waals surface area contributed by atoms with Crippen LogP contribution in [0.5, 0.6) is 0 Å². The summed E-state index contributed by atoms with van der Waals surface area (Å²) in [5.74, 6) is 0. The lowest BCUT2D eigenvalue weighted by molar-refractivity contribution is 1.64. The van der Waals surface area contributed by atoms with Crippen LogP contribution in [0.2, 0.25) is 19.6 Å². The molecule has 0 aromatic heterocycles. The Kier molecular flexibility index (Phi) is 3.23. The topological polar surface area (TPSA) is 0 Å². The van der Waals surface area contributed by atoms with Crippen LogP contribution in [0.25, 0.3) is 21.9 Å². The number of rotatable bonds is 2. The molecular formula is C19H20Si. The van der Waals surface area contributed by atoms with E-state index in [2.05, 4.69) is 86.4 Å². The van der Waals surface area contributed by atoms with Gasteiger partial charge in [0.25, 0.3) is 0 Å². The zero-order chi connectivity index (χ0) is 14.2. The molecule has 0 spiro atoms. The fraction of sp³-hybridized carbons (Fsp3) is 0.158. The third kappa shape index (κ3) is 2.54. The van der Waals surface area contributed by atoms with Crippen molar-refractivity contribution in [3.8, 4) is 11.1 Å². The zero-order valence-corrected chi connectivity index (χ0v) is 13.4. The molecule has 3 rings (SSSR count). The smallest absolute Gasteiger partial charge is 0.0656 e. The maximum Gasteiger partial charge on any atom is 0.0776 e. The molecule has 0 aliphatic rings. The second-order valence-electron chi connectivity index (χ2n) is 6.39. The van der Waals surface area contributed by atoms with Crippen molar-refractivity contribution >= 4 is 24.0 Å². The molecule has 0 saturated heterocycles. The third-order valence-corrected chi connectivity index (χ3v) is 5.85. The van der Waals surface area contributed by atoms with E-state index in [1.165, 1.54) is 27.1 Å². The summed E-state index contributed by atoms with van der Waals surface area (Å²) in [5.41, 5.74) is 2.64. The summed E-state index contributed by atoms with van der Waals surface area (Å²) in [5, 5.41) is 4.13. The van der Waals surface area contributed by atoms with Gasteiger partial charge in [-0.2, -0.15) is 0 Å². The first kappa shape index (κ1) is 13.1. The van der Waals surface area contributed by atoms with Crippen molar-refractivity contribution in [3.05, 3.63) is 66.7 Å². The van der Waals surface area contributed by atoms with Crippen molar-refractivity contribution in [3.63, 3.8) is 0 Å². The molecule has 1 heteroatoms. The van der Waals surface area contributed by atoms with Crippen LogP contribution < -0.4 is 5.19 Å². The molecule has 0 unspecified atom stereocenters. The first-order valence-corrected chi connectivity index (χ1v) is 10.6. The fourth-order valence-corrected chi connectivity index (χ4v) is 3.72. The summed E-state index contributed by atoms with van der Waals surface area (Å²) in [6.07, 6.45) is 0. The lowest BCUT2D eigenvalue weighted by atomic mass is 10.0. The maximum atomic E-state index is 2.40. The van der Waals surface area contributed by atoms with Crippen molar-refractivity contribution in [2.75, 3.05) is 0 Å². The average Bonchev–Trinajstić information content (AvgIpc) is 2.46. The summed E-state index contributed by atoms with van der Waals surface area (Å²) in [4.78, 5) is 0. The maximum absolute atomic E-state index is 2.40. The van der Waals surface area contributed by atoms with Gasteiger partial charge in [0.15, 0.2) is 0 Å². The molecule has 0 radical (unpaired) electrons. The van der Waals surface area contributed by atoms with Gasteiger partial charge in [-0.05, 0) is 28.0 Å². The van der Waals surface area contributed by atoms with Gasteiger partial charge in [-0.1, -0.05) is 85.5 Å². The summed E-state index contributed by atoms with van der Waals surface area (Å²) in [7, 11) is -1.25. The Morgan fingerprint density at radius 3 is 2.05 bits per heavy atom. The van der Waals surface area contributed by atoms with E-state index in [9.17, 15) is 0 Å². The molecule has 0 atom stereocenters. The highest BCUT2D eigenvalue weighted by Crippen LogP contribution is 2.24. The minimum atomic E-state index is -1.25. The van der Waals surface area contributed by atoms with Crippen LogP contribution in [0.15, 0.2) is 66.7 Å². The van der Waals surface area contributed by atoms with Crippen molar-refractivity contribution in [2.45, 2.75) is 19.6 Å². The van der Waals surface area contributed by atoms with Crippen LogP contribution >= 0.6 is 0 Å². The molecule has 0 nitrogen and oxygen atoms in total. The second-order valence-corrected chi connectivity index (χ2v) is 11.5. The van der Waals surface area contributed by atoms with Crippen LogP contribution in [-0.2, 0) is 0 Å². The van der Waals surface area contributed by atoms with Gasteiger partial charge >= 0.3 is 0 Å². The highest BCUT2D eigenvalue weighted by atomic mass is 28.3. The summed E-state index contributed by atoms with van der Waals surface area (Å²) in [6, 6.07) is 24.3. The van der Waals surface area contributed by atoms with Gasteiger partial charge in [0, 0.05) is 0 Å². The van der Waals surface area contributed by atoms with E-state index in [-0.39, 0.29) is 0 Å². The van der Waals surface area contributed by atoms with Gasteiger partial charge < -0.3 is 0 Å². The minimum Gasteiger partial charge on any atom is -0.0656 e. The molecule has 0 aliphatic carbocycles. The Morgan fingerprint density at radius 2 is 1.30 bits per heavy atom. The second kappa shape index (κ2) is 4.91. The van der Waals surface area contributed by atoms with Crippen molar-refractivity contribution in [1.82, 2.24) is 0 Å². The van der Waals surface area contributed by atoms with Crippen molar-refractivity contribution in [1.29, 1.82) is 0 Å². The molecule has 3 aromatic carbocycles. The SMILES string of the molecule is C[Si](C)(C)c1cccc(-c2ccc3ccccc3c2)c1. The molecule has 0 N–H and O–H groups in total. The molecule has 0 saturated carbocycles. The van der Waals surface area contributed by atoms with Gasteiger partial charge in [0.05, 0.1) is 8.07 Å². The van der Waals surface area contributed by atoms with E-state index in [1.54, 1.807) is 0 Å². The monoisotopic (exact) mass is 276 g/mol. The van der Waals surface area contributed by atoms with E-state index in [0.29, 0.717) is 0 Å². The van der Waals surface area contributed by atoms with Crippen LogP contribution in [-0.4, -0.2) is 8.07 Å². The first-order chi connectivity index (χ1) is 9.54. The number of hydrogen-bond donors (Lipinski definition) is 0. The van der Waals surface area contributed by atoms with Gasteiger partial charge in [-0.25, -0.2) is 0 Å². The summed E-state index contributed by atoms with van der Waals surface area (Å²) in [6.45, 7) is 7.19. The lowest BCUT2D eigenvalue weighted by Gasteiger charge is -2.17. The average molecular weight is 276 g/mol. The van der Waals surface area contributed by atoms with E-state index in [4.69, 9.17) is 0 Å². The van der Waals surface area contributed by atoms with E-state index in [1.807, 2.05) is 0 Å². The van der Waals surface area contributed by atoms with Crippen molar-refractivity contribution in [2.24, 2.45) is 0 Å². The van der Waals surface area contributed by atoms with E-state index < -0.39 is 8.07 Å². The van der Waals surface area contributed by atoms with Crippen molar-refractivity contribution < 1.29 is 0 Å². The highest BCUT2D eigenvalue weighted by Gasteiger charge is 2.16. The first-order valence-electron chi connectivity index (χ1n) is 7.14. The Morgan fingerprint density at radius 1 is 0.600 bits per heavy atom. The quantitative estimate of drug-likeness (QED) is 0.574. The Bertz CT molecular complexity index is 751. The fourth-order valence-electron chi connectivity index (χ4n) is 2.53. The number of fused-ring (bicyclic) bond motifs is 1. The van der Waals surface area contributed by atoms with Crippen LogP contribution in [0.3, 0.4) is 0 Å². The van der Waals surface area contributed by atoms with Gasteiger partial charge in [0.1, 0.15) is 0 Å². The Labute approximate surface area is 122 Å². The number of hydrogen-bond acceptors (Lipinski definition) is 0. The van der Waals surface area contributed by atoms with Gasteiger partial charge in [-0.15, -0.1) is 0 Å². The minimum absolute atomic E-state index is 1.25. The number of benzene rings is 3. The van der Waals surface area contributed by atoms with Crippen LogP contribution in [0.4, 0.5) is 0 Å². The molecule has 0 fully saturated rings. The zero-order valence-electron chi connectivity index (χ0n) is 12.4. The normalized spacial score (nSPS) is 11.8. The molecular weight excluding hydrogens is 256 g/mol.